The van der Waals surface area contributed by atoms with Crippen LogP contribution in [0, 0.1) is 0 Å². The Hall–Kier alpha value is -1.46. The van der Waals surface area contributed by atoms with Crippen LogP contribution in [0.3, 0.4) is 0 Å². The highest BCUT2D eigenvalue weighted by Crippen LogP contribution is 2.33. The molecule has 1 N–H and O–H groups in total. The van der Waals surface area contributed by atoms with Crippen LogP contribution in [0.1, 0.15) is 6.92 Å². The van der Waals surface area contributed by atoms with Gasteiger partial charge in [0.15, 0.2) is 5.75 Å². The van der Waals surface area contributed by atoms with Gasteiger partial charge in [-0.25, -0.2) is 0 Å². The van der Waals surface area contributed by atoms with Gasteiger partial charge in [0.1, 0.15) is 10.8 Å². The van der Waals surface area contributed by atoms with E-state index in [0.717, 1.165) is 6.54 Å². The van der Waals surface area contributed by atoms with Crippen molar-refractivity contribution < 1.29 is 4.74 Å². The van der Waals surface area contributed by atoms with Crippen LogP contribution in [0.5, 0.6) is 11.6 Å². The Morgan fingerprint density at radius 1 is 1.39 bits per heavy atom. The third kappa shape index (κ3) is 2.68. The fourth-order valence-electron chi connectivity index (χ4n) is 1.38. The lowest BCUT2D eigenvalue weighted by Crippen LogP contribution is -1.96. The highest BCUT2D eigenvalue weighted by molar-refractivity contribution is 6.36. The van der Waals surface area contributed by atoms with Crippen molar-refractivity contribution in [1.29, 1.82) is 0 Å². The van der Waals surface area contributed by atoms with Gasteiger partial charge in [0.25, 0.3) is 0 Å². The average molecular weight is 287 g/mol. The SMILES string of the molecule is CCn1cc(Oc2nc(NC)c(Cl)cc2Cl)cn1. The van der Waals surface area contributed by atoms with Crippen molar-refractivity contribution in [2.75, 3.05) is 12.4 Å². The molecule has 96 valence electrons. The summed E-state index contributed by atoms with van der Waals surface area (Å²) in [7, 11) is 1.72. The van der Waals surface area contributed by atoms with Crippen molar-refractivity contribution in [3.05, 3.63) is 28.5 Å². The van der Waals surface area contributed by atoms with Crippen LogP contribution < -0.4 is 10.1 Å². The van der Waals surface area contributed by atoms with Gasteiger partial charge in [0.2, 0.25) is 5.88 Å². The highest BCUT2D eigenvalue weighted by Gasteiger charge is 2.11. The Morgan fingerprint density at radius 3 is 2.78 bits per heavy atom. The fraction of sp³-hybridized carbons (Fsp3) is 0.273. The van der Waals surface area contributed by atoms with Gasteiger partial charge in [-0.15, -0.1) is 0 Å². The molecule has 0 aliphatic heterocycles. The molecule has 2 aromatic heterocycles. The summed E-state index contributed by atoms with van der Waals surface area (Å²) in [4.78, 5) is 4.19. The minimum atomic E-state index is 0.293. The van der Waals surface area contributed by atoms with Crippen molar-refractivity contribution in [1.82, 2.24) is 14.8 Å². The Balaban J connectivity index is 2.28. The third-order valence-corrected chi connectivity index (χ3v) is 2.84. The molecular weight excluding hydrogens is 275 g/mol. The number of halogens is 2. The van der Waals surface area contributed by atoms with Gasteiger partial charge < -0.3 is 10.1 Å². The molecule has 18 heavy (non-hydrogen) atoms. The molecular formula is C11H12Cl2N4O. The normalized spacial score (nSPS) is 10.4. The summed E-state index contributed by atoms with van der Waals surface area (Å²) in [6.45, 7) is 2.76. The first-order chi connectivity index (χ1) is 8.63. The van der Waals surface area contributed by atoms with Crippen LogP contribution in [-0.2, 0) is 6.54 Å². The monoisotopic (exact) mass is 286 g/mol. The zero-order chi connectivity index (χ0) is 13.1. The number of pyridine rings is 1. The van der Waals surface area contributed by atoms with E-state index in [1.807, 2.05) is 6.92 Å². The summed E-state index contributed by atoms with van der Waals surface area (Å²) in [6.07, 6.45) is 3.38. The Morgan fingerprint density at radius 2 is 2.17 bits per heavy atom. The molecule has 0 amide bonds. The first-order valence-electron chi connectivity index (χ1n) is 5.38. The molecule has 5 nitrogen and oxygen atoms in total. The quantitative estimate of drug-likeness (QED) is 0.935. The van der Waals surface area contributed by atoms with Crippen molar-refractivity contribution >= 4 is 29.0 Å². The largest absolute Gasteiger partial charge is 0.434 e. The van der Waals surface area contributed by atoms with E-state index in [1.54, 1.807) is 30.2 Å². The molecule has 0 fully saturated rings. The molecule has 0 unspecified atom stereocenters. The lowest BCUT2D eigenvalue weighted by Gasteiger charge is -2.08. The fourth-order valence-corrected chi connectivity index (χ4v) is 1.87. The van der Waals surface area contributed by atoms with Crippen LogP contribution >= 0.6 is 23.2 Å². The number of nitrogens with one attached hydrogen (secondary N) is 1. The Bertz CT molecular complexity index is 556. The van der Waals surface area contributed by atoms with Crippen molar-refractivity contribution in [2.45, 2.75) is 13.5 Å². The summed E-state index contributed by atoms with van der Waals surface area (Å²) in [5.74, 6) is 1.38. The summed E-state index contributed by atoms with van der Waals surface area (Å²) >= 11 is 12.0. The van der Waals surface area contributed by atoms with E-state index in [0.29, 0.717) is 27.5 Å². The molecule has 7 heteroatoms. The first kappa shape index (κ1) is 13.0. The van der Waals surface area contributed by atoms with Crippen LogP contribution in [0.25, 0.3) is 0 Å². The molecule has 0 radical (unpaired) electrons. The lowest BCUT2D eigenvalue weighted by molar-refractivity contribution is 0.463. The molecule has 2 aromatic rings. The minimum absolute atomic E-state index is 0.293. The number of anilines is 1. The molecule has 2 rings (SSSR count). The maximum atomic E-state index is 6.02. The predicted octanol–water partition coefficient (Wildman–Crippen LogP) is 3.44. The number of aryl methyl sites for hydroxylation is 1. The zero-order valence-corrected chi connectivity index (χ0v) is 11.5. The van der Waals surface area contributed by atoms with E-state index >= 15 is 0 Å². The van der Waals surface area contributed by atoms with E-state index < -0.39 is 0 Å². The molecule has 0 saturated carbocycles. The van der Waals surface area contributed by atoms with E-state index in [2.05, 4.69) is 15.4 Å². The molecule has 0 bridgehead atoms. The minimum Gasteiger partial charge on any atom is -0.434 e. The van der Waals surface area contributed by atoms with Gasteiger partial charge in [-0.3, -0.25) is 4.68 Å². The second-order valence-corrected chi connectivity index (χ2v) is 4.30. The smallest absolute Gasteiger partial charge is 0.240 e. The second-order valence-electron chi connectivity index (χ2n) is 3.49. The molecule has 0 aliphatic rings. The van der Waals surface area contributed by atoms with Gasteiger partial charge in [-0.05, 0) is 13.0 Å². The van der Waals surface area contributed by atoms with Gasteiger partial charge in [-0.1, -0.05) is 23.2 Å². The standard InChI is InChI=1S/C11H12Cl2N4O/c1-3-17-6-7(5-15-17)18-11-9(13)4-8(12)10(14-2)16-11/h4-6H,3H2,1-2H3,(H,14,16). The van der Waals surface area contributed by atoms with Gasteiger partial charge in [0, 0.05) is 13.6 Å². The summed E-state index contributed by atoms with van der Waals surface area (Å²) in [6, 6.07) is 1.58. The van der Waals surface area contributed by atoms with Crippen LogP contribution in [0.15, 0.2) is 18.5 Å². The van der Waals surface area contributed by atoms with Crippen molar-refractivity contribution in [3.63, 3.8) is 0 Å². The number of hydrogen-bond donors (Lipinski definition) is 1. The van der Waals surface area contributed by atoms with Crippen molar-refractivity contribution in [2.24, 2.45) is 0 Å². The zero-order valence-electron chi connectivity index (χ0n) is 9.94. The van der Waals surface area contributed by atoms with Gasteiger partial charge >= 0.3 is 0 Å². The van der Waals surface area contributed by atoms with E-state index in [-0.39, 0.29) is 0 Å². The summed E-state index contributed by atoms with van der Waals surface area (Å²) in [5.41, 5.74) is 0. The lowest BCUT2D eigenvalue weighted by atomic mass is 10.4. The Labute approximate surface area is 115 Å². The molecule has 0 aliphatic carbocycles. The number of aromatic nitrogens is 3. The molecule has 2 heterocycles. The maximum absolute atomic E-state index is 6.02. The van der Waals surface area contributed by atoms with E-state index in [1.165, 1.54) is 0 Å². The molecule has 0 saturated heterocycles. The predicted molar refractivity (Wildman–Crippen MR) is 71.8 cm³/mol. The molecule has 0 atom stereocenters. The topological polar surface area (TPSA) is 52.0 Å². The van der Waals surface area contributed by atoms with E-state index in [9.17, 15) is 0 Å². The molecule has 0 spiro atoms. The number of hydrogen-bond acceptors (Lipinski definition) is 4. The molecule has 0 aromatic carbocycles. The van der Waals surface area contributed by atoms with Gasteiger partial charge in [-0.2, -0.15) is 10.1 Å². The number of nitrogens with zero attached hydrogens (tertiary/aromatic N) is 3. The number of rotatable bonds is 4. The van der Waals surface area contributed by atoms with Gasteiger partial charge in [0.05, 0.1) is 17.4 Å². The number of ether oxygens (including phenoxy) is 1. The van der Waals surface area contributed by atoms with Crippen LogP contribution in [0.4, 0.5) is 5.82 Å². The summed E-state index contributed by atoms with van der Waals surface area (Å²) in [5, 5.41) is 7.76. The average Bonchev–Trinajstić information content (AvgIpc) is 2.80. The Kier molecular flexibility index (Phi) is 3.93. The second kappa shape index (κ2) is 5.46. The van der Waals surface area contributed by atoms with Crippen LogP contribution in [-0.4, -0.2) is 21.8 Å². The van der Waals surface area contributed by atoms with E-state index in [4.69, 9.17) is 27.9 Å². The third-order valence-electron chi connectivity index (χ3n) is 2.28. The maximum Gasteiger partial charge on any atom is 0.240 e. The van der Waals surface area contributed by atoms with Crippen molar-refractivity contribution in [3.8, 4) is 11.6 Å². The highest BCUT2D eigenvalue weighted by atomic mass is 35.5. The van der Waals surface area contributed by atoms with Crippen LogP contribution in [0.2, 0.25) is 10.0 Å². The summed E-state index contributed by atoms with van der Waals surface area (Å²) < 4.78 is 7.31. The first-order valence-corrected chi connectivity index (χ1v) is 6.13.